The first-order chi connectivity index (χ1) is 9.80. The minimum atomic E-state index is -3.18. The molecule has 0 aliphatic heterocycles. The van der Waals surface area contributed by atoms with Gasteiger partial charge in [-0.15, -0.1) is 0 Å². The fourth-order valence-electron chi connectivity index (χ4n) is 1.97. The Kier molecular flexibility index (Phi) is 7.31. The van der Waals surface area contributed by atoms with Crippen molar-refractivity contribution in [3.8, 4) is 0 Å². The fraction of sp³-hybridized carbons (Fsp3) is 0.600. The lowest BCUT2D eigenvalue weighted by Crippen LogP contribution is -2.23. The van der Waals surface area contributed by atoms with Gasteiger partial charge in [0.15, 0.2) is 9.84 Å². The molecule has 0 saturated heterocycles. The maximum absolute atomic E-state index is 11.4. The predicted octanol–water partition coefficient (Wildman–Crippen LogP) is 1.05. The third-order valence-corrected chi connectivity index (χ3v) is 4.37. The molecule has 0 aliphatic rings. The number of benzene rings is 1. The van der Waals surface area contributed by atoms with Crippen LogP contribution in [0.3, 0.4) is 0 Å². The molecule has 0 aromatic heterocycles. The number of unbranched alkanes of at least 4 members (excludes halogenated alkanes) is 1. The van der Waals surface area contributed by atoms with Crippen molar-refractivity contribution in [3.05, 3.63) is 29.8 Å². The van der Waals surface area contributed by atoms with Crippen molar-refractivity contribution in [2.75, 3.05) is 40.0 Å². The molecule has 0 spiro atoms. The van der Waals surface area contributed by atoms with Gasteiger partial charge in [0.25, 0.3) is 0 Å². The van der Waals surface area contributed by atoms with Crippen LogP contribution in [-0.4, -0.2) is 58.4 Å². The van der Waals surface area contributed by atoms with E-state index in [-0.39, 0.29) is 4.90 Å². The number of hydrogen-bond donors (Lipinski definition) is 2. The summed E-state index contributed by atoms with van der Waals surface area (Å²) < 4.78 is 22.7. The zero-order valence-corrected chi connectivity index (χ0v) is 13.9. The van der Waals surface area contributed by atoms with Gasteiger partial charge in [-0.05, 0) is 57.7 Å². The Morgan fingerprint density at radius 2 is 1.81 bits per heavy atom. The number of aliphatic hydroxyl groups excluding tert-OH is 1. The summed E-state index contributed by atoms with van der Waals surface area (Å²) in [6.07, 6.45) is 2.75. The van der Waals surface area contributed by atoms with E-state index < -0.39 is 15.9 Å². The smallest absolute Gasteiger partial charge is 0.175 e. The molecule has 1 aromatic rings. The molecule has 21 heavy (non-hydrogen) atoms. The monoisotopic (exact) mass is 314 g/mol. The van der Waals surface area contributed by atoms with Crippen LogP contribution in [0.4, 0.5) is 0 Å². The largest absolute Gasteiger partial charge is 0.387 e. The average molecular weight is 314 g/mol. The third-order valence-electron chi connectivity index (χ3n) is 3.24. The van der Waals surface area contributed by atoms with Gasteiger partial charge in [-0.2, -0.15) is 0 Å². The van der Waals surface area contributed by atoms with Crippen LogP contribution in [0.2, 0.25) is 0 Å². The first-order valence-electron chi connectivity index (χ1n) is 7.14. The number of sulfone groups is 1. The molecule has 1 aromatic carbocycles. The molecule has 0 bridgehead atoms. The lowest BCUT2D eigenvalue weighted by Gasteiger charge is -2.13. The molecule has 0 aliphatic carbocycles. The summed E-state index contributed by atoms with van der Waals surface area (Å²) >= 11 is 0. The van der Waals surface area contributed by atoms with E-state index in [1.54, 1.807) is 12.1 Å². The summed E-state index contributed by atoms with van der Waals surface area (Å²) in [5.41, 5.74) is 0.725. The van der Waals surface area contributed by atoms with Crippen LogP contribution in [0, 0.1) is 0 Å². The topological polar surface area (TPSA) is 69.6 Å². The van der Waals surface area contributed by atoms with Crippen molar-refractivity contribution in [1.82, 2.24) is 10.2 Å². The lowest BCUT2D eigenvalue weighted by molar-refractivity contribution is 0.174. The molecule has 0 amide bonds. The molecular weight excluding hydrogens is 288 g/mol. The van der Waals surface area contributed by atoms with Crippen LogP contribution in [0.1, 0.15) is 24.5 Å². The first kappa shape index (κ1) is 18.1. The van der Waals surface area contributed by atoms with Gasteiger partial charge in [-0.1, -0.05) is 12.1 Å². The van der Waals surface area contributed by atoms with Crippen LogP contribution >= 0.6 is 0 Å². The second-order valence-corrected chi connectivity index (χ2v) is 7.59. The Labute approximate surface area is 127 Å². The predicted molar refractivity (Wildman–Crippen MR) is 85.2 cm³/mol. The highest BCUT2D eigenvalue weighted by Crippen LogP contribution is 2.15. The van der Waals surface area contributed by atoms with E-state index in [9.17, 15) is 13.5 Å². The Hall–Kier alpha value is -0.950. The van der Waals surface area contributed by atoms with Gasteiger partial charge in [0.05, 0.1) is 11.0 Å². The average Bonchev–Trinajstić information content (AvgIpc) is 2.41. The molecule has 6 heteroatoms. The Morgan fingerprint density at radius 3 is 2.33 bits per heavy atom. The molecule has 5 nitrogen and oxygen atoms in total. The van der Waals surface area contributed by atoms with Crippen molar-refractivity contribution >= 4 is 9.84 Å². The molecule has 0 fully saturated rings. The minimum Gasteiger partial charge on any atom is -0.387 e. The number of rotatable bonds is 9. The highest BCUT2D eigenvalue weighted by Gasteiger charge is 2.10. The second kappa shape index (κ2) is 8.48. The summed E-state index contributed by atoms with van der Waals surface area (Å²) in [5, 5.41) is 13.3. The molecular formula is C15H26N2O3S. The maximum atomic E-state index is 11.4. The zero-order chi connectivity index (χ0) is 15.9. The summed E-state index contributed by atoms with van der Waals surface area (Å²) in [7, 11) is 0.925. The van der Waals surface area contributed by atoms with Crippen LogP contribution in [0.25, 0.3) is 0 Å². The van der Waals surface area contributed by atoms with Gasteiger partial charge < -0.3 is 15.3 Å². The molecule has 2 N–H and O–H groups in total. The zero-order valence-electron chi connectivity index (χ0n) is 13.0. The highest BCUT2D eigenvalue weighted by molar-refractivity contribution is 7.90. The lowest BCUT2D eigenvalue weighted by atomic mass is 10.1. The Balaban J connectivity index is 2.34. The van der Waals surface area contributed by atoms with Crippen LogP contribution in [0.15, 0.2) is 29.2 Å². The quantitative estimate of drug-likeness (QED) is 0.667. The number of aliphatic hydroxyl groups is 1. The van der Waals surface area contributed by atoms with Gasteiger partial charge in [-0.3, -0.25) is 0 Å². The standard InChI is InChI=1S/C15H26N2O3S/c1-17(2)11-5-4-10-16-12-15(18)13-6-8-14(9-7-13)21(3,19)20/h6-9,15-16,18H,4-5,10-12H2,1-3H3. The van der Waals surface area contributed by atoms with E-state index >= 15 is 0 Å². The van der Waals surface area contributed by atoms with Gasteiger partial charge in [0, 0.05) is 12.8 Å². The van der Waals surface area contributed by atoms with Crippen LogP contribution in [-0.2, 0) is 9.84 Å². The molecule has 0 heterocycles. The van der Waals surface area contributed by atoms with Crippen molar-refractivity contribution in [1.29, 1.82) is 0 Å². The molecule has 1 unspecified atom stereocenters. The van der Waals surface area contributed by atoms with Gasteiger partial charge in [0.2, 0.25) is 0 Å². The van der Waals surface area contributed by atoms with Gasteiger partial charge in [0.1, 0.15) is 0 Å². The van der Waals surface area contributed by atoms with Crippen molar-refractivity contribution in [3.63, 3.8) is 0 Å². The molecule has 0 radical (unpaired) electrons. The summed E-state index contributed by atoms with van der Waals surface area (Å²) in [6, 6.07) is 6.39. The van der Waals surface area contributed by atoms with E-state index in [0.29, 0.717) is 6.54 Å². The minimum absolute atomic E-state index is 0.273. The third kappa shape index (κ3) is 7.04. The van der Waals surface area contributed by atoms with Crippen molar-refractivity contribution in [2.45, 2.75) is 23.8 Å². The van der Waals surface area contributed by atoms with E-state index in [2.05, 4.69) is 24.3 Å². The summed E-state index contributed by atoms with van der Waals surface area (Å²) in [6.45, 7) is 2.41. The van der Waals surface area contributed by atoms with E-state index in [4.69, 9.17) is 0 Å². The number of nitrogens with zero attached hydrogens (tertiary/aromatic N) is 1. The normalized spacial score (nSPS) is 13.6. The fourth-order valence-corrected chi connectivity index (χ4v) is 2.60. The summed E-state index contributed by atoms with van der Waals surface area (Å²) in [4.78, 5) is 2.42. The van der Waals surface area contributed by atoms with Crippen LogP contribution < -0.4 is 5.32 Å². The molecule has 0 saturated carbocycles. The van der Waals surface area contributed by atoms with Gasteiger partial charge >= 0.3 is 0 Å². The van der Waals surface area contributed by atoms with Crippen LogP contribution in [0.5, 0.6) is 0 Å². The number of hydrogen-bond acceptors (Lipinski definition) is 5. The van der Waals surface area contributed by atoms with E-state index in [1.807, 2.05) is 0 Å². The molecule has 120 valence electrons. The van der Waals surface area contributed by atoms with Gasteiger partial charge in [-0.25, -0.2) is 8.42 Å². The number of nitrogens with one attached hydrogen (secondary N) is 1. The maximum Gasteiger partial charge on any atom is 0.175 e. The second-order valence-electron chi connectivity index (χ2n) is 5.57. The van der Waals surface area contributed by atoms with Crippen molar-refractivity contribution in [2.24, 2.45) is 0 Å². The summed E-state index contributed by atoms with van der Waals surface area (Å²) in [5.74, 6) is 0. The highest BCUT2D eigenvalue weighted by atomic mass is 32.2. The van der Waals surface area contributed by atoms with E-state index in [0.717, 1.165) is 31.5 Å². The molecule has 1 atom stereocenters. The molecule has 1 rings (SSSR count). The SMILES string of the molecule is CN(C)CCCCNCC(O)c1ccc(S(C)(=O)=O)cc1. The van der Waals surface area contributed by atoms with E-state index in [1.165, 1.54) is 18.4 Å². The first-order valence-corrected chi connectivity index (χ1v) is 9.03. The Bertz CT molecular complexity index is 512. The van der Waals surface area contributed by atoms with Crippen molar-refractivity contribution < 1.29 is 13.5 Å². The Morgan fingerprint density at radius 1 is 1.19 bits per heavy atom.